The summed E-state index contributed by atoms with van der Waals surface area (Å²) in [5.41, 5.74) is 0. The van der Waals surface area contributed by atoms with E-state index in [1.807, 2.05) is 0 Å². The van der Waals surface area contributed by atoms with Crippen molar-refractivity contribution in [3.05, 3.63) is 0 Å². The predicted octanol–water partition coefficient (Wildman–Crippen LogP) is 1.25. The molecule has 120 valence electrons. The normalized spacial score (nSPS) is 35.2. The third-order valence-electron chi connectivity index (χ3n) is 3.19. The van der Waals surface area contributed by atoms with E-state index in [4.69, 9.17) is 28.1 Å². The molecule has 1 rings (SSSR count). The SMILES string of the molecule is COCC1OC(OC)C(OC)C(OC)C1O[Si](C)(C)C. The van der Waals surface area contributed by atoms with Crippen LogP contribution in [0.5, 0.6) is 0 Å². The summed E-state index contributed by atoms with van der Waals surface area (Å²) in [6.45, 7) is 6.82. The van der Waals surface area contributed by atoms with Crippen LogP contribution in [-0.2, 0) is 28.1 Å². The molecule has 0 radical (unpaired) electrons. The standard InChI is InChI=1S/C13H28O6Si/c1-14-8-9-10(19-20(5,6)7)11(15-2)12(16-3)13(17-4)18-9/h9-13H,8H2,1-7H3. The van der Waals surface area contributed by atoms with Crippen LogP contribution in [0.2, 0.25) is 19.6 Å². The summed E-state index contributed by atoms with van der Waals surface area (Å²) in [5.74, 6) is 0. The van der Waals surface area contributed by atoms with Crippen molar-refractivity contribution in [2.75, 3.05) is 35.0 Å². The molecule has 0 saturated carbocycles. The van der Waals surface area contributed by atoms with E-state index in [0.717, 1.165) is 0 Å². The molecule has 5 unspecified atom stereocenters. The lowest BCUT2D eigenvalue weighted by molar-refractivity contribution is -0.301. The van der Waals surface area contributed by atoms with Crippen LogP contribution in [-0.4, -0.2) is 74.1 Å². The highest BCUT2D eigenvalue weighted by Crippen LogP contribution is 2.29. The van der Waals surface area contributed by atoms with Crippen LogP contribution in [0.25, 0.3) is 0 Å². The maximum absolute atomic E-state index is 6.25. The van der Waals surface area contributed by atoms with Crippen LogP contribution < -0.4 is 0 Å². The summed E-state index contributed by atoms with van der Waals surface area (Å²) in [4.78, 5) is 0. The number of rotatable bonds is 7. The van der Waals surface area contributed by atoms with Gasteiger partial charge in [0.25, 0.3) is 0 Å². The lowest BCUT2D eigenvalue weighted by atomic mass is 9.99. The van der Waals surface area contributed by atoms with Gasteiger partial charge in [0.1, 0.15) is 24.4 Å². The molecule has 1 aliphatic heterocycles. The van der Waals surface area contributed by atoms with Crippen LogP contribution in [0.3, 0.4) is 0 Å². The molecule has 0 spiro atoms. The molecule has 0 aromatic carbocycles. The van der Waals surface area contributed by atoms with E-state index < -0.39 is 14.6 Å². The van der Waals surface area contributed by atoms with Crippen LogP contribution in [0.15, 0.2) is 0 Å². The van der Waals surface area contributed by atoms with Crippen molar-refractivity contribution < 1.29 is 28.1 Å². The maximum Gasteiger partial charge on any atom is 0.186 e. The Morgan fingerprint density at radius 2 is 1.45 bits per heavy atom. The van der Waals surface area contributed by atoms with Gasteiger partial charge in [-0.1, -0.05) is 0 Å². The average molecular weight is 308 g/mol. The first-order valence-electron chi connectivity index (χ1n) is 6.78. The van der Waals surface area contributed by atoms with Gasteiger partial charge < -0.3 is 28.1 Å². The third kappa shape index (κ3) is 4.49. The van der Waals surface area contributed by atoms with E-state index in [9.17, 15) is 0 Å². The van der Waals surface area contributed by atoms with Crippen molar-refractivity contribution >= 4 is 8.32 Å². The Labute approximate surface area is 122 Å². The van der Waals surface area contributed by atoms with Crippen LogP contribution in [0.1, 0.15) is 0 Å². The molecule has 0 aromatic rings. The van der Waals surface area contributed by atoms with E-state index in [1.165, 1.54) is 0 Å². The summed E-state index contributed by atoms with van der Waals surface area (Å²) in [5, 5.41) is 0. The minimum Gasteiger partial charge on any atom is -0.409 e. The van der Waals surface area contributed by atoms with E-state index >= 15 is 0 Å². The second kappa shape index (κ2) is 7.84. The lowest BCUT2D eigenvalue weighted by Crippen LogP contribution is -2.62. The van der Waals surface area contributed by atoms with Gasteiger partial charge in [0.15, 0.2) is 14.6 Å². The topological polar surface area (TPSA) is 55.4 Å². The number of hydrogen-bond donors (Lipinski definition) is 0. The zero-order valence-corrected chi connectivity index (χ0v) is 14.5. The maximum atomic E-state index is 6.25. The zero-order valence-electron chi connectivity index (χ0n) is 13.5. The molecule has 0 aromatic heterocycles. The van der Waals surface area contributed by atoms with Gasteiger partial charge >= 0.3 is 0 Å². The molecule has 7 heteroatoms. The van der Waals surface area contributed by atoms with E-state index in [-0.39, 0.29) is 24.4 Å². The predicted molar refractivity (Wildman–Crippen MR) is 77.4 cm³/mol. The average Bonchev–Trinajstić information content (AvgIpc) is 2.38. The van der Waals surface area contributed by atoms with Gasteiger partial charge in [-0.3, -0.25) is 0 Å². The quantitative estimate of drug-likeness (QED) is 0.660. The van der Waals surface area contributed by atoms with Gasteiger partial charge in [-0.25, -0.2) is 0 Å². The molecular weight excluding hydrogens is 280 g/mol. The second-order valence-electron chi connectivity index (χ2n) is 5.83. The number of hydrogen-bond acceptors (Lipinski definition) is 6. The van der Waals surface area contributed by atoms with Gasteiger partial charge in [-0.05, 0) is 19.6 Å². The fourth-order valence-electron chi connectivity index (χ4n) is 2.43. The van der Waals surface area contributed by atoms with Gasteiger partial charge in [0, 0.05) is 28.4 Å². The lowest BCUT2D eigenvalue weighted by Gasteiger charge is -2.46. The first kappa shape index (κ1) is 18.0. The van der Waals surface area contributed by atoms with Crippen LogP contribution in [0.4, 0.5) is 0 Å². The monoisotopic (exact) mass is 308 g/mol. The highest BCUT2D eigenvalue weighted by molar-refractivity contribution is 6.69. The van der Waals surface area contributed by atoms with Gasteiger partial charge in [0.2, 0.25) is 0 Å². The Morgan fingerprint density at radius 1 is 0.850 bits per heavy atom. The highest BCUT2D eigenvalue weighted by Gasteiger charge is 2.48. The van der Waals surface area contributed by atoms with Gasteiger partial charge in [-0.2, -0.15) is 0 Å². The van der Waals surface area contributed by atoms with Crippen molar-refractivity contribution in [2.45, 2.75) is 50.3 Å². The third-order valence-corrected chi connectivity index (χ3v) is 4.17. The largest absolute Gasteiger partial charge is 0.409 e. The Morgan fingerprint density at radius 3 is 1.85 bits per heavy atom. The van der Waals surface area contributed by atoms with E-state index in [2.05, 4.69) is 19.6 Å². The summed E-state index contributed by atoms with van der Waals surface area (Å²) in [6, 6.07) is 0. The molecule has 6 nitrogen and oxygen atoms in total. The summed E-state index contributed by atoms with van der Waals surface area (Å²) in [7, 11) is 4.74. The van der Waals surface area contributed by atoms with Gasteiger partial charge in [0.05, 0.1) is 6.61 Å². The van der Waals surface area contributed by atoms with E-state index in [0.29, 0.717) is 6.61 Å². The molecule has 1 heterocycles. The molecule has 5 atom stereocenters. The first-order chi connectivity index (χ1) is 9.37. The molecule has 0 N–H and O–H groups in total. The zero-order chi connectivity index (χ0) is 15.3. The van der Waals surface area contributed by atoms with Crippen molar-refractivity contribution in [1.29, 1.82) is 0 Å². The smallest absolute Gasteiger partial charge is 0.186 e. The van der Waals surface area contributed by atoms with Crippen LogP contribution >= 0.6 is 0 Å². The van der Waals surface area contributed by atoms with E-state index in [1.54, 1.807) is 28.4 Å². The molecular formula is C13H28O6Si. The summed E-state index contributed by atoms with van der Waals surface area (Å²) >= 11 is 0. The molecule has 0 amide bonds. The molecule has 0 aliphatic carbocycles. The Kier molecular flexibility index (Phi) is 7.06. The fraction of sp³-hybridized carbons (Fsp3) is 1.00. The Bertz CT molecular complexity index is 283. The van der Waals surface area contributed by atoms with Gasteiger partial charge in [-0.15, -0.1) is 0 Å². The molecule has 0 bridgehead atoms. The fourth-order valence-corrected chi connectivity index (χ4v) is 3.54. The Balaban J connectivity index is 2.98. The molecule has 20 heavy (non-hydrogen) atoms. The minimum absolute atomic E-state index is 0.233. The van der Waals surface area contributed by atoms with Crippen LogP contribution in [0, 0.1) is 0 Å². The minimum atomic E-state index is -1.76. The van der Waals surface area contributed by atoms with Crippen molar-refractivity contribution in [1.82, 2.24) is 0 Å². The molecule has 1 fully saturated rings. The highest BCUT2D eigenvalue weighted by atomic mass is 28.4. The Hall–Kier alpha value is -0.0231. The molecule has 1 aliphatic rings. The summed E-state index contributed by atoms with van der Waals surface area (Å²) in [6.07, 6.45) is -1.56. The first-order valence-corrected chi connectivity index (χ1v) is 10.2. The van der Waals surface area contributed by atoms with Crippen molar-refractivity contribution in [3.63, 3.8) is 0 Å². The number of methoxy groups -OCH3 is 4. The molecule has 1 saturated heterocycles. The van der Waals surface area contributed by atoms with Crippen molar-refractivity contribution in [2.24, 2.45) is 0 Å². The number of ether oxygens (including phenoxy) is 5. The second-order valence-corrected chi connectivity index (χ2v) is 10.3. The van der Waals surface area contributed by atoms with Crippen molar-refractivity contribution in [3.8, 4) is 0 Å². The summed E-state index contributed by atoms with van der Waals surface area (Å²) < 4.78 is 33.9.